The number of carboxylic acid groups (broad SMARTS) is 1. The molecular weight excluding hydrogens is 1040 g/mol. The van der Waals surface area contributed by atoms with Gasteiger partial charge in [-0.1, -0.05) is 32.1 Å². The van der Waals surface area contributed by atoms with Gasteiger partial charge in [-0.25, -0.2) is 35.1 Å². The number of hydrogen-bond acceptors (Lipinski definition) is 20. The lowest BCUT2D eigenvalue weighted by Crippen LogP contribution is -2.31. The number of aliphatic carboxylic acids is 1. The molecule has 1 fully saturated rings. The molecule has 0 bridgehead atoms. The van der Waals surface area contributed by atoms with E-state index in [1.54, 1.807) is 0 Å². The molecule has 5 N–H and O–H groups in total. The predicted molar refractivity (Wildman–Crippen MR) is 260 cm³/mol. The molecule has 1 aromatic carbocycles. The van der Waals surface area contributed by atoms with Crippen molar-refractivity contribution in [3.63, 3.8) is 0 Å². The lowest BCUT2D eigenvalue weighted by atomic mass is 9.96. The van der Waals surface area contributed by atoms with Crippen LogP contribution in [0.5, 0.6) is 0 Å². The van der Waals surface area contributed by atoms with Crippen molar-refractivity contribution in [1.29, 1.82) is 0 Å². The molecule has 1 aliphatic rings. The number of amides is 1. The maximum Gasteiger partial charge on any atom is 0.305 e. The Bertz CT molecular complexity index is 1850. The molecule has 28 heteroatoms. The lowest BCUT2D eigenvalue weighted by molar-refractivity contribution is -0.138. The van der Waals surface area contributed by atoms with Crippen LogP contribution in [0.1, 0.15) is 57.8 Å². The van der Waals surface area contributed by atoms with E-state index >= 15 is 8.78 Å². The van der Waals surface area contributed by atoms with Crippen molar-refractivity contribution in [3.8, 4) is 0 Å². The molecule has 0 aliphatic heterocycles. The minimum absolute atomic E-state index is 0.0228. The second kappa shape index (κ2) is 43.1. The van der Waals surface area contributed by atoms with Crippen molar-refractivity contribution >= 4 is 37.4 Å². The van der Waals surface area contributed by atoms with E-state index in [1.165, 1.54) is 0 Å². The molecule has 0 unspecified atom stereocenters. The smallest absolute Gasteiger partial charge is 0.305 e. The molecule has 0 spiro atoms. The highest BCUT2D eigenvalue weighted by Gasteiger charge is 2.37. The molecule has 432 valence electrons. The van der Waals surface area contributed by atoms with Gasteiger partial charge in [-0.3, -0.25) is 9.59 Å². The number of carbonyl (C=O) groups excluding carboxylic acids is 1. The predicted octanol–water partition coefficient (Wildman–Crippen LogP) is 2.25. The molecule has 1 aliphatic carbocycles. The molecule has 74 heavy (non-hydrogen) atoms. The minimum atomic E-state index is -5.12. The van der Waals surface area contributed by atoms with Gasteiger partial charge in [0.25, 0.3) is 0 Å². The number of carboxylic acids is 1. The van der Waals surface area contributed by atoms with E-state index in [2.05, 4.69) is 10.6 Å². The van der Waals surface area contributed by atoms with Gasteiger partial charge >= 0.3 is 5.97 Å². The number of primary sulfonamides is 1. The topological polar surface area (TPSA) is 293 Å². The van der Waals surface area contributed by atoms with E-state index in [4.69, 9.17) is 71.8 Å². The van der Waals surface area contributed by atoms with E-state index < -0.39 is 83.0 Å². The second-order valence-corrected chi connectivity index (χ2v) is 19.8. The molecule has 0 radical (unpaired) electrons. The summed E-state index contributed by atoms with van der Waals surface area (Å²) in [6.45, 7) is 8.95. The van der Waals surface area contributed by atoms with Crippen LogP contribution in [-0.2, 0) is 91.0 Å². The Hall–Kier alpha value is -2.91. The van der Waals surface area contributed by atoms with Crippen LogP contribution in [0.4, 0.5) is 18.9 Å². The van der Waals surface area contributed by atoms with E-state index in [1.807, 2.05) is 0 Å². The van der Waals surface area contributed by atoms with Crippen molar-refractivity contribution < 1.29 is 106 Å². The van der Waals surface area contributed by atoms with Crippen molar-refractivity contribution in [2.24, 2.45) is 5.14 Å². The Balaban J connectivity index is 1.34. The first-order valence-electron chi connectivity index (χ1n) is 25.0. The van der Waals surface area contributed by atoms with Crippen molar-refractivity contribution in [1.82, 2.24) is 5.32 Å². The Labute approximate surface area is 433 Å². The van der Waals surface area contributed by atoms with Crippen molar-refractivity contribution in [2.45, 2.75) is 73.6 Å². The summed E-state index contributed by atoms with van der Waals surface area (Å²) in [6, 6.07) is -0.536. The molecular formula is C46H80F3N3O20S2. The van der Waals surface area contributed by atoms with Crippen molar-refractivity contribution in [2.75, 3.05) is 189 Å². The van der Waals surface area contributed by atoms with Crippen LogP contribution in [0.3, 0.4) is 0 Å². The minimum Gasteiger partial charge on any atom is -0.481 e. The molecule has 2 rings (SSSR count). The van der Waals surface area contributed by atoms with Gasteiger partial charge < -0.3 is 77.3 Å². The molecule has 0 saturated heterocycles. The van der Waals surface area contributed by atoms with Crippen LogP contribution in [0.2, 0.25) is 0 Å². The molecule has 0 aromatic heterocycles. The number of nitrogens with two attached hydrogens (primary N) is 1. The SMILES string of the molecule is NS(=O)(=O)c1c(F)c(F)c(S(=O)(=O)CCNC(=O)CCOCCOCCOCCOCCOCCOCCOCCOCCOCCOCCOCCOCCOCCC(=O)O)c(NC2CCCCCCC2)c1F. The number of halogens is 3. The van der Waals surface area contributed by atoms with Crippen molar-refractivity contribution in [3.05, 3.63) is 17.5 Å². The van der Waals surface area contributed by atoms with Crippen LogP contribution in [0.25, 0.3) is 0 Å². The summed E-state index contributed by atoms with van der Waals surface area (Å²) in [4.78, 5) is 19.6. The Morgan fingerprint density at radius 1 is 0.459 bits per heavy atom. The van der Waals surface area contributed by atoms with Gasteiger partial charge in [-0.05, 0) is 12.8 Å². The molecule has 0 atom stereocenters. The van der Waals surface area contributed by atoms with Crippen LogP contribution in [0.15, 0.2) is 9.79 Å². The second-order valence-electron chi connectivity index (χ2n) is 16.2. The zero-order chi connectivity index (χ0) is 54.0. The first-order chi connectivity index (χ1) is 35.8. The average Bonchev–Trinajstić information content (AvgIpc) is 3.33. The quantitative estimate of drug-likeness (QED) is 0.0537. The molecule has 1 saturated carbocycles. The first kappa shape index (κ1) is 67.2. The summed E-state index contributed by atoms with van der Waals surface area (Å²) in [6.07, 6.45) is 4.89. The standard InChI is InChI=1S/C46H80F3N3O20S2/c47-41-42(48)46(44(43(49)45(41)74(50,58)59)52-38-6-4-2-1-3-5-7-38)73(56,57)37-10-51-39(53)8-11-60-13-15-62-17-19-64-21-23-66-25-27-68-29-31-70-33-35-72-36-34-71-32-30-69-28-26-67-24-22-65-20-18-63-16-14-61-12-9-40(54)55/h38,52H,1-37H2,(H,51,53)(H,54,55)(H2,50,58,59). The summed E-state index contributed by atoms with van der Waals surface area (Å²) in [5, 5.41) is 18.5. The number of sulfone groups is 1. The zero-order valence-electron chi connectivity index (χ0n) is 42.5. The fraction of sp³-hybridized carbons (Fsp3) is 0.826. The van der Waals surface area contributed by atoms with Gasteiger partial charge in [0.05, 0.1) is 190 Å². The fourth-order valence-corrected chi connectivity index (χ4v) is 8.76. The number of anilines is 1. The van der Waals surface area contributed by atoms with Gasteiger partial charge in [0.1, 0.15) is 4.90 Å². The molecule has 0 heterocycles. The van der Waals surface area contributed by atoms with Gasteiger partial charge in [0, 0.05) is 19.0 Å². The van der Waals surface area contributed by atoms with E-state index in [-0.39, 0.29) is 39.3 Å². The third kappa shape index (κ3) is 33.3. The number of nitrogens with one attached hydrogen (secondary N) is 2. The van der Waals surface area contributed by atoms with Gasteiger partial charge in [-0.2, -0.15) is 0 Å². The molecule has 23 nitrogen and oxygen atoms in total. The average molecular weight is 1120 g/mol. The van der Waals surface area contributed by atoms with Crippen LogP contribution in [0, 0.1) is 17.5 Å². The maximum absolute atomic E-state index is 15.6. The summed E-state index contributed by atoms with van der Waals surface area (Å²) in [5.41, 5.74) is -1.01. The molecule has 1 aromatic rings. The highest BCUT2D eigenvalue weighted by molar-refractivity contribution is 7.91. The maximum atomic E-state index is 15.6. The summed E-state index contributed by atoms with van der Waals surface area (Å²) >= 11 is 0. The van der Waals surface area contributed by atoms with Gasteiger partial charge in [0.15, 0.2) is 32.2 Å². The third-order valence-corrected chi connectivity index (χ3v) is 13.1. The van der Waals surface area contributed by atoms with E-state index in [0.29, 0.717) is 171 Å². The monoisotopic (exact) mass is 1120 g/mol. The van der Waals surface area contributed by atoms with Crippen LogP contribution in [-0.4, -0.2) is 224 Å². The van der Waals surface area contributed by atoms with Gasteiger partial charge in [-0.15, -0.1) is 0 Å². The van der Waals surface area contributed by atoms with Gasteiger partial charge in [0.2, 0.25) is 15.9 Å². The Morgan fingerprint density at radius 3 is 1.08 bits per heavy atom. The number of rotatable bonds is 49. The number of benzene rings is 1. The third-order valence-electron chi connectivity index (χ3n) is 10.4. The van der Waals surface area contributed by atoms with E-state index in [0.717, 1.165) is 19.3 Å². The fourth-order valence-electron chi connectivity index (χ4n) is 6.67. The van der Waals surface area contributed by atoms with E-state index in [9.17, 15) is 30.8 Å². The normalized spacial score (nSPS) is 13.8. The first-order valence-corrected chi connectivity index (χ1v) is 28.2. The summed E-state index contributed by atoms with van der Waals surface area (Å²) in [5.74, 6) is -8.59. The lowest BCUT2D eigenvalue weighted by Gasteiger charge is -2.25. The number of sulfonamides is 1. The highest BCUT2D eigenvalue weighted by Crippen LogP contribution is 2.37. The zero-order valence-corrected chi connectivity index (χ0v) is 44.1. The highest BCUT2D eigenvalue weighted by atomic mass is 32.2. The number of ether oxygens (including phenoxy) is 13. The van der Waals surface area contributed by atoms with Crippen LogP contribution < -0.4 is 15.8 Å². The largest absolute Gasteiger partial charge is 0.481 e. The Kier molecular flexibility index (Phi) is 39.2. The van der Waals surface area contributed by atoms with Crippen LogP contribution >= 0.6 is 0 Å². The Morgan fingerprint density at radius 2 is 0.757 bits per heavy atom. The number of carbonyl (C=O) groups is 2. The summed E-state index contributed by atoms with van der Waals surface area (Å²) < 4.78 is 167. The molecule has 1 amide bonds. The number of hydrogen-bond donors (Lipinski definition) is 4. The summed E-state index contributed by atoms with van der Waals surface area (Å²) in [7, 11) is -9.93.